The van der Waals surface area contributed by atoms with Gasteiger partial charge in [0.1, 0.15) is 5.82 Å². The predicted molar refractivity (Wildman–Crippen MR) is 86.0 cm³/mol. The number of hydrogen-bond donors (Lipinski definition) is 0. The first-order valence-corrected chi connectivity index (χ1v) is 7.15. The second kappa shape index (κ2) is 5.17. The van der Waals surface area contributed by atoms with E-state index in [1.165, 1.54) is 6.07 Å². The highest BCUT2D eigenvalue weighted by Gasteiger charge is 2.21. The Balaban J connectivity index is 1.99. The maximum absolute atomic E-state index is 11.2. The van der Waals surface area contributed by atoms with Gasteiger partial charge in [-0.25, -0.2) is 4.98 Å². The lowest BCUT2D eigenvalue weighted by molar-refractivity contribution is -0.384. The molecule has 1 aliphatic heterocycles. The first-order valence-electron chi connectivity index (χ1n) is 7.15. The molecule has 0 aliphatic carbocycles. The van der Waals surface area contributed by atoms with Crippen molar-refractivity contribution in [1.29, 1.82) is 0 Å². The third-order valence-electron chi connectivity index (χ3n) is 3.85. The quantitative estimate of drug-likeness (QED) is 0.539. The fourth-order valence-electron chi connectivity index (χ4n) is 2.79. The summed E-state index contributed by atoms with van der Waals surface area (Å²) in [6.45, 7) is 0.430. The molecular formula is C17H12N4O2. The molecule has 0 saturated carbocycles. The van der Waals surface area contributed by atoms with E-state index in [9.17, 15) is 10.1 Å². The second-order valence-corrected chi connectivity index (χ2v) is 5.20. The van der Waals surface area contributed by atoms with Crippen molar-refractivity contribution in [3.63, 3.8) is 0 Å². The van der Waals surface area contributed by atoms with Crippen LogP contribution in [0.2, 0.25) is 0 Å². The highest BCUT2D eigenvalue weighted by atomic mass is 16.6. The van der Waals surface area contributed by atoms with E-state index in [-0.39, 0.29) is 10.6 Å². The molecule has 0 fully saturated rings. The van der Waals surface area contributed by atoms with Crippen molar-refractivity contribution in [3.8, 4) is 5.69 Å². The van der Waals surface area contributed by atoms with Crippen molar-refractivity contribution in [2.45, 2.75) is 6.54 Å². The Morgan fingerprint density at radius 1 is 1.13 bits per heavy atom. The summed E-state index contributed by atoms with van der Waals surface area (Å²) in [5, 5.41) is 11.2. The molecule has 0 spiro atoms. The highest BCUT2D eigenvalue weighted by Crippen LogP contribution is 2.28. The van der Waals surface area contributed by atoms with Crippen LogP contribution in [0.4, 0.5) is 5.69 Å². The van der Waals surface area contributed by atoms with E-state index >= 15 is 0 Å². The van der Waals surface area contributed by atoms with Crippen molar-refractivity contribution in [3.05, 3.63) is 88.0 Å². The van der Waals surface area contributed by atoms with Gasteiger partial charge >= 0.3 is 0 Å². The Labute approximate surface area is 131 Å². The summed E-state index contributed by atoms with van der Waals surface area (Å²) in [6, 6.07) is 14.5. The van der Waals surface area contributed by atoms with Crippen LogP contribution in [0.5, 0.6) is 0 Å². The van der Waals surface area contributed by atoms with Gasteiger partial charge in [-0.1, -0.05) is 30.3 Å². The molecule has 1 aliphatic rings. The molecule has 6 heteroatoms. The third kappa shape index (κ3) is 2.20. The molecule has 0 bridgehead atoms. The van der Waals surface area contributed by atoms with Crippen molar-refractivity contribution in [1.82, 2.24) is 9.55 Å². The van der Waals surface area contributed by atoms with Gasteiger partial charge in [-0.15, -0.1) is 0 Å². The van der Waals surface area contributed by atoms with Crippen LogP contribution in [0.25, 0.3) is 5.69 Å². The first-order chi connectivity index (χ1) is 11.2. The number of rotatable bonds is 2. The summed E-state index contributed by atoms with van der Waals surface area (Å²) in [5.74, 6) is 0.811. The number of fused-ring (bicyclic) bond motifs is 3. The lowest BCUT2D eigenvalue weighted by Crippen LogP contribution is -2.07. The fraction of sp³-hybridized carbons (Fsp3) is 0.0588. The van der Waals surface area contributed by atoms with Crippen LogP contribution < -0.4 is 0 Å². The minimum atomic E-state index is -0.386. The molecule has 4 rings (SSSR count). The molecule has 112 valence electrons. The van der Waals surface area contributed by atoms with Crippen molar-refractivity contribution in [2.75, 3.05) is 0 Å². The molecule has 0 saturated heterocycles. The molecule has 3 aromatic rings. The topological polar surface area (TPSA) is 73.3 Å². The SMILES string of the molecule is O=[N+]([O-])c1ccc2c(c1)C(c1ccccc1)=NCc1nccn1-2. The summed E-state index contributed by atoms with van der Waals surface area (Å²) in [5.41, 5.74) is 3.32. The molecule has 0 unspecified atom stereocenters. The molecule has 23 heavy (non-hydrogen) atoms. The summed E-state index contributed by atoms with van der Waals surface area (Å²) < 4.78 is 1.93. The van der Waals surface area contributed by atoms with Gasteiger partial charge in [-0.05, 0) is 6.07 Å². The normalized spacial score (nSPS) is 12.8. The zero-order chi connectivity index (χ0) is 15.8. The summed E-state index contributed by atoms with van der Waals surface area (Å²) >= 11 is 0. The van der Waals surface area contributed by atoms with Crippen LogP contribution >= 0.6 is 0 Å². The largest absolute Gasteiger partial charge is 0.302 e. The lowest BCUT2D eigenvalue weighted by Gasteiger charge is -2.11. The minimum absolute atomic E-state index is 0.0518. The first kappa shape index (κ1) is 13.4. The number of benzene rings is 2. The Hall–Kier alpha value is -3.28. The maximum atomic E-state index is 11.2. The fourth-order valence-corrected chi connectivity index (χ4v) is 2.79. The highest BCUT2D eigenvalue weighted by molar-refractivity contribution is 6.15. The molecule has 2 aromatic carbocycles. The van der Waals surface area contributed by atoms with Crippen LogP contribution in [0, 0.1) is 10.1 Å². The third-order valence-corrected chi connectivity index (χ3v) is 3.85. The number of nitro benzene ring substituents is 1. The summed E-state index contributed by atoms with van der Waals surface area (Å²) in [7, 11) is 0. The lowest BCUT2D eigenvalue weighted by atomic mass is 10.00. The van der Waals surface area contributed by atoms with E-state index in [0.717, 1.165) is 28.4 Å². The number of aromatic nitrogens is 2. The number of aliphatic imine (C=N–C) groups is 1. The van der Waals surface area contributed by atoms with Crippen LogP contribution in [-0.2, 0) is 6.54 Å². The molecule has 1 aromatic heterocycles. The van der Waals surface area contributed by atoms with Crippen LogP contribution in [0.15, 0.2) is 65.9 Å². The summed E-state index contributed by atoms with van der Waals surface area (Å²) in [6.07, 6.45) is 3.56. The van der Waals surface area contributed by atoms with Gasteiger partial charge in [0.25, 0.3) is 5.69 Å². The van der Waals surface area contributed by atoms with Crippen LogP contribution in [0.1, 0.15) is 17.0 Å². The van der Waals surface area contributed by atoms with Gasteiger partial charge in [-0.2, -0.15) is 0 Å². The Bertz CT molecular complexity index is 929. The zero-order valence-electron chi connectivity index (χ0n) is 12.1. The smallest absolute Gasteiger partial charge is 0.270 e. The van der Waals surface area contributed by atoms with Gasteiger partial charge < -0.3 is 4.57 Å². The number of hydrogen-bond acceptors (Lipinski definition) is 4. The van der Waals surface area contributed by atoms with Gasteiger partial charge in [0.05, 0.1) is 22.9 Å². The monoisotopic (exact) mass is 304 g/mol. The zero-order valence-corrected chi connectivity index (χ0v) is 12.1. The van der Waals surface area contributed by atoms with E-state index in [2.05, 4.69) is 9.98 Å². The van der Waals surface area contributed by atoms with Crippen molar-refractivity contribution < 1.29 is 4.92 Å². The van der Waals surface area contributed by atoms with E-state index in [4.69, 9.17) is 0 Å². The molecule has 0 N–H and O–H groups in total. The van der Waals surface area contributed by atoms with Crippen molar-refractivity contribution in [2.24, 2.45) is 4.99 Å². The molecule has 6 nitrogen and oxygen atoms in total. The van der Waals surface area contributed by atoms with Gasteiger partial charge in [0.15, 0.2) is 0 Å². The molecule has 2 heterocycles. The van der Waals surface area contributed by atoms with E-state index in [1.807, 2.05) is 41.1 Å². The number of nitrogens with zero attached hydrogens (tertiary/aromatic N) is 4. The average Bonchev–Trinajstić information content (AvgIpc) is 2.98. The van der Waals surface area contributed by atoms with Crippen LogP contribution in [0.3, 0.4) is 0 Å². The molecule has 0 amide bonds. The molecule has 0 atom stereocenters. The minimum Gasteiger partial charge on any atom is -0.302 e. The van der Waals surface area contributed by atoms with Gasteiger partial charge in [-0.3, -0.25) is 15.1 Å². The Morgan fingerprint density at radius 3 is 2.74 bits per heavy atom. The van der Waals surface area contributed by atoms with E-state index in [1.54, 1.807) is 18.3 Å². The van der Waals surface area contributed by atoms with Gasteiger partial charge in [0, 0.05) is 35.7 Å². The van der Waals surface area contributed by atoms with E-state index in [0.29, 0.717) is 6.54 Å². The summed E-state index contributed by atoms with van der Waals surface area (Å²) in [4.78, 5) is 19.8. The maximum Gasteiger partial charge on any atom is 0.270 e. The standard InChI is InChI=1S/C17H12N4O2/c22-21(23)13-6-7-15-14(10-13)17(12-4-2-1-3-5-12)19-11-16-18-8-9-20(15)16/h1-10H,11H2. The number of nitro groups is 1. The predicted octanol–water partition coefficient (Wildman–Crippen LogP) is 3.13. The average molecular weight is 304 g/mol. The Kier molecular flexibility index (Phi) is 3.01. The van der Waals surface area contributed by atoms with E-state index < -0.39 is 0 Å². The number of non-ortho nitro benzene ring substituents is 1. The number of imidazole rings is 1. The Morgan fingerprint density at radius 2 is 1.96 bits per heavy atom. The molecular weight excluding hydrogens is 292 g/mol. The van der Waals surface area contributed by atoms with Crippen LogP contribution in [-0.4, -0.2) is 20.2 Å². The second-order valence-electron chi connectivity index (χ2n) is 5.20. The van der Waals surface area contributed by atoms with Crippen molar-refractivity contribution >= 4 is 11.4 Å². The molecule has 0 radical (unpaired) electrons. The van der Waals surface area contributed by atoms with Gasteiger partial charge in [0.2, 0.25) is 0 Å².